The van der Waals surface area contributed by atoms with Crippen molar-refractivity contribution in [3.05, 3.63) is 96.6 Å². The van der Waals surface area contributed by atoms with E-state index in [2.05, 4.69) is 0 Å². The van der Waals surface area contributed by atoms with E-state index in [1.165, 1.54) is 0 Å². The van der Waals surface area contributed by atoms with Gasteiger partial charge in [0.1, 0.15) is 0 Å². The Bertz CT molecular complexity index is 688. The molecular formula is C19H15O2Sb. The van der Waals surface area contributed by atoms with Crippen molar-refractivity contribution < 1.29 is 7.81 Å². The van der Waals surface area contributed by atoms with Crippen molar-refractivity contribution >= 4 is 33.6 Å². The van der Waals surface area contributed by atoms with Gasteiger partial charge in [-0.25, -0.2) is 0 Å². The van der Waals surface area contributed by atoms with Crippen LogP contribution in [0.3, 0.4) is 0 Å². The number of carbonyl (C=O) groups excluding carboxylic acids is 1. The molecule has 108 valence electrons. The summed E-state index contributed by atoms with van der Waals surface area (Å²) in [6, 6.07) is 29.3. The summed E-state index contributed by atoms with van der Waals surface area (Å²) in [5, 5.41) is 0. The third-order valence-electron chi connectivity index (χ3n) is 3.17. The van der Waals surface area contributed by atoms with E-state index >= 15 is 0 Å². The summed E-state index contributed by atoms with van der Waals surface area (Å²) in [5.74, 6) is -0.240. The molecule has 0 aromatic heterocycles. The van der Waals surface area contributed by atoms with Gasteiger partial charge in [-0.2, -0.15) is 0 Å². The first-order chi connectivity index (χ1) is 10.8. The second kappa shape index (κ2) is 7.28. The Balaban J connectivity index is 1.91. The predicted octanol–water partition coefficient (Wildman–Crippen LogP) is 2.65. The monoisotopic (exact) mass is 396 g/mol. The molecular weight excluding hydrogens is 382 g/mol. The summed E-state index contributed by atoms with van der Waals surface area (Å²) in [5.41, 5.74) is 0.601. The van der Waals surface area contributed by atoms with Crippen LogP contribution in [0.4, 0.5) is 0 Å². The van der Waals surface area contributed by atoms with Crippen LogP contribution in [0, 0.1) is 0 Å². The second-order valence-electron chi connectivity index (χ2n) is 4.71. The van der Waals surface area contributed by atoms with Gasteiger partial charge in [0.25, 0.3) is 0 Å². The molecule has 0 bridgehead atoms. The molecule has 0 aliphatic carbocycles. The Labute approximate surface area is 137 Å². The molecule has 0 N–H and O–H groups in total. The third kappa shape index (κ3) is 3.58. The summed E-state index contributed by atoms with van der Waals surface area (Å²) in [6.07, 6.45) is 0. The van der Waals surface area contributed by atoms with E-state index in [0.29, 0.717) is 5.56 Å². The van der Waals surface area contributed by atoms with E-state index in [-0.39, 0.29) is 5.97 Å². The van der Waals surface area contributed by atoms with Gasteiger partial charge in [0.05, 0.1) is 0 Å². The predicted molar refractivity (Wildman–Crippen MR) is 89.8 cm³/mol. The summed E-state index contributed by atoms with van der Waals surface area (Å²) in [6.45, 7) is 0. The van der Waals surface area contributed by atoms with E-state index in [0.717, 1.165) is 7.02 Å². The minimum atomic E-state index is -2.55. The minimum absolute atomic E-state index is 0.240. The molecule has 0 aliphatic rings. The second-order valence-corrected chi connectivity index (χ2v) is 9.86. The van der Waals surface area contributed by atoms with E-state index < -0.39 is 20.6 Å². The van der Waals surface area contributed by atoms with Gasteiger partial charge in [0.15, 0.2) is 0 Å². The molecule has 0 radical (unpaired) electrons. The fourth-order valence-electron chi connectivity index (χ4n) is 2.09. The van der Waals surface area contributed by atoms with Crippen LogP contribution in [0.2, 0.25) is 0 Å². The molecule has 3 heteroatoms. The average molecular weight is 397 g/mol. The Morgan fingerprint density at radius 2 is 1.05 bits per heavy atom. The molecule has 0 saturated heterocycles. The van der Waals surface area contributed by atoms with Gasteiger partial charge in [-0.15, -0.1) is 0 Å². The van der Waals surface area contributed by atoms with Crippen LogP contribution in [0.1, 0.15) is 10.4 Å². The van der Waals surface area contributed by atoms with Crippen LogP contribution < -0.4 is 7.02 Å². The fraction of sp³-hybridized carbons (Fsp3) is 0. The molecule has 0 amide bonds. The SMILES string of the molecule is O=C([O][Sb]([c]1ccccc1)[c]1ccccc1)c1ccccc1. The average Bonchev–Trinajstić information content (AvgIpc) is 2.62. The zero-order valence-electron chi connectivity index (χ0n) is 11.9. The maximum absolute atomic E-state index is 12.4. The van der Waals surface area contributed by atoms with E-state index in [9.17, 15) is 4.79 Å². The van der Waals surface area contributed by atoms with Crippen molar-refractivity contribution in [1.82, 2.24) is 0 Å². The van der Waals surface area contributed by atoms with E-state index in [1.807, 2.05) is 78.9 Å². The zero-order chi connectivity index (χ0) is 15.2. The van der Waals surface area contributed by atoms with Gasteiger partial charge in [-0.05, 0) is 0 Å². The molecule has 0 heterocycles. The summed E-state index contributed by atoms with van der Waals surface area (Å²) < 4.78 is 8.23. The molecule has 0 spiro atoms. The summed E-state index contributed by atoms with van der Waals surface area (Å²) in [7, 11) is 0. The first-order valence-corrected chi connectivity index (χ1v) is 10.6. The molecule has 2 nitrogen and oxygen atoms in total. The first-order valence-electron chi connectivity index (χ1n) is 7.02. The van der Waals surface area contributed by atoms with Crippen molar-refractivity contribution in [2.45, 2.75) is 0 Å². The van der Waals surface area contributed by atoms with Crippen LogP contribution in [-0.2, 0) is 3.02 Å². The number of rotatable bonds is 4. The van der Waals surface area contributed by atoms with Crippen molar-refractivity contribution in [2.75, 3.05) is 0 Å². The quantitative estimate of drug-likeness (QED) is 0.633. The normalized spacial score (nSPS) is 10.4. The molecule has 0 saturated carbocycles. The van der Waals surface area contributed by atoms with Crippen molar-refractivity contribution in [3.63, 3.8) is 0 Å². The Morgan fingerprint density at radius 3 is 1.50 bits per heavy atom. The standard InChI is InChI=1S/C7H6O2.2C6H5.Sb/c8-7(9)6-4-2-1-3-5-6;2*1-2-4-6-5-3-1;/h1-5H,(H,8,9);2*1-5H;/q;;;+1/p-1. The molecule has 3 rings (SSSR count). The van der Waals surface area contributed by atoms with Gasteiger partial charge in [-0.1, -0.05) is 0 Å². The number of benzene rings is 3. The first kappa shape index (κ1) is 14.9. The van der Waals surface area contributed by atoms with E-state index in [4.69, 9.17) is 3.02 Å². The zero-order valence-corrected chi connectivity index (χ0v) is 14.5. The molecule has 22 heavy (non-hydrogen) atoms. The Morgan fingerprint density at radius 1 is 0.636 bits per heavy atom. The van der Waals surface area contributed by atoms with E-state index in [1.54, 1.807) is 12.1 Å². The van der Waals surface area contributed by atoms with Crippen molar-refractivity contribution in [2.24, 2.45) is 0 Å². The molecule has 0 aliphatic heterocycles. The summed E-state index contributed by atoms with van der Waals surface area (Å²) >= 11 is -2.55. The number of carbonyl (C=O) groups is 1. The molecule has 0 unspecified atom stereocenters. The van der Waals surface area contributed by atoms with Crippen LogP contribution in [0.15, 0.2) is 91.0 Å². The van der Waals surface area contributed by atoms with Crippen LogP contribution in [0.5, 0.6) is 0 Å². The number of hydrogen-bond donors (Lipinski definition) is 0. The maximum atomic E-state index is 12.4. The van der Waals surface area contributed by atoms with Crippen LogP contribution >= 0.6 is 0 Å². The van der Waals surface area contributed by atoms with Crippen LogP contribution in [-0.4, -0.2) is 26.6 Å². The Kier molecular flexibility index (Phi) is 4.92. The topological polar surface area (TPSA) is 26.3 Å². The van der Waals surface area contributed by atoms with Crippen molar-refractivity contribution in [3.8, 4) is 0 Å². The van der Waals surface area contributed by atoms with Gasteiger partial charge in [0, 0.05) is 0 Å². The van der Waals surface area contributed by atoms with Crippen LogP contribution in [0.25, 0.3) is 0 Å². The molecule has 0 fully saturated rings. The van der Waals surface area contributed by atoms with Gasteiger partial charge in [0.2, 0.25) is 0 Å². The van der Waals surface area contributed by atoms with Gasteiger partial charge >= 0.3 is 138 Å². The number of hydrogen-bond acceptors (Lipinski definition) is 2. The summed E-state index contributed by atoms with van der Waals surface area (Å²) in [4.78, 5) is 12.4. The van der Waals surface area contributed by atoms with Gasteiger partial charge < -0.3 is 0 Å². The fourth-order valence-corrected chi connectivity index (χ4v) is 6.85. The molecule has 3 aromatic rings. The third-order valence-corrected chi connectivity index (χ3v) is 8.54. The molecule has 0 atom stereocenters. The Hall–Kier alpha value is -2.05. The van der Waals surface area contributed by atoms with Crippen molar-refractivity contribution in [1.29, 1.82) is 0 Å². The van der Waals surface area contributed by atoms with Gasteiger partial charge in [-0.3, -0.25) is 0 Å². The molecule has 3 aromatic carbocycles.